The number of esters is 1. The van der Waals surface area contributed by atoms with Crippen LogP contribution in [0, 0.1) is 28.6 Å². The van der Waals surface area contributed by atoms with Gasteiger partial charge in [-0.15, -0.1) is 0 Å². The van der Waals surface area contributed by atoms with E-state index in [1.165, 1.54) is 21.0 Å². The Morgan fingerprint density at radius 3 is 1.70 bits per heavy atom. The van der Waals surface area contributed by atoms with Gasteiger partial charge < -0.3 is 87.1 Å². The maximum absolute atomic E-state index is 12.8. The molecule has 71 heavy (non-hydrogen) atoms. The number of ether oxygens (including phenoxy) is 13. The molecular formula is C51H82O20. The Kier molecular flexibility index (Phi) is 17.2. The van der Waals surface area contributed by atoms with Crippen molar-refractivity contribution in [2.45, 2.75) is 235 Å². The van der Waals surface area contributed by atoms with E-state index in [4.69, 9.17) is 61.6 Å². The number of rotatable bonds is 15. The molecule has 0 aromatic carbocycles. The summed E-state index contributed by atoms with van der Waals surface area (Å²) in [5.74, 6) is -2.26. The molecule has 4 heterocycles. The number of aliphatic hydroxyl groups is 5. The Balaban J connectivity index is 0.872. The highest BCUT2D eigenvalue weighted by Crippen LogP contribution is 2.68. The molecule has 0 radical (unpaired) electrons. The van der Waals surface area contributed by atoms with Gasteiger partial charge in [0.25, 0.3) is 0 Å². The lowest BCUT2D eigenvalue weighted by Crippen LogP contribution is -2.72. The Morgan fingerprint density at radius 2 is 1.20 bits per heavy atom. The van der Waals surface area contributed by atoms with Crippen LogP contribution in [-0.2, 0) is 71.2 Å². The van der Waals surface area contributed by atoms with Crippen molar-refractivity contribution in [3.63, 3.8) is 0 Å². The van der Waals surface area contributed by atoms with Crippen LogP contribution < -0.4 is 0 Å². The van der Waals surface area contributed by atoms with Crippen molar-refractivity contribution >= 4 is 11.8 Å². The van der Waals surface area contributed by atoms with Gasteiger partial charge >= 0.3 is 5.97 Å². The van der Waals surface area contributed by atoms with Crippen LogP contribution in [0.4, 0.5) is 0 Å². The highest BCUT2D eigenvalue weighted by atomic mass is 16.8. The molecule has 0 spiro atoms. The molecule has 4 saturated heterocycles. The van der Waals surface area contributed by atoms with E-state index in [1.54, 1.807) is 35.2 Å². The molecule has 0 aromatic heterocycles. The van der Waals surface area contributed by atoms with Gasteiger partial charge in [0, 0.05) is 77.3 Å². The van der Waals surface area contributed by atoms with Gasteiger partial charge in [0.2, 0.25) is 0 Å². The maximum atomic E-state index is 12.8. The smallest absolute Gasteiger partial charge is 0.302 e. The monoisotopic (exact) mass is 1010 g/mol. The number of ketones is 1. The second-order valence-corrected chi connectivity index (χ2v) is 21.9. The molecule has 0 amide bonds. The summed E-state index contributed by atoms with van der Waals surface area (Å²) in [5.41, 5.74) is -2.55. The van der Waals surface area contributed by atoms with Crippen molar-refractivity contribution in [3.05, 3.63) is 11.6 Å². The molecule has 20 heteroatoms. The van der Waals surface area contributed by atoms with Gasteiger partial charge in [0.05, 0.1) is 66.6 Å². The number of Topliss-reactive ketones (excluding diaryl/α,β-unsaturated/α-hetero) is 1. The fraction of sp³-hybridized carbons (Fsp3) is 0.922. The van der Waals surface area contributed by atoms with Gasteiger partial charge in [-0.3, -0.25) is 9.59 Å². The number of carbonyl (C=O) groups excluding carboxylic acids is 2. The molecule has 8 aliphatic rings. The summed E-state index contributed by atoms with van der Waals surface area (Å²) in [4.78, 5) is 25.2. The van der Waals surface area contributed by atoms with Crippen molar-refractivity contribution in [2.75, 3.05) is 35.0 Å². The van der Waals surface area contributed by atoms with Gasteiger partial charge in [-0.2, -0.15) is 0 Å². The summed E-state index contributed by atoms with van der Waals surface area (Å²) in [6, 6.07) is 0. The molecule has 4 aliphatic heterocycles. The third-order valence-electron chi connectivity index (χ3n) is 18.2. The molecule has 5 N–H and O–H groups in total. The van der Waals surface area contributed by atoms with Crippen LogP contribution >= 0.6 is 0 Å². The zero-order chi connectivity index (χ0) is 51.5. The number of hydrogen-bond acceptors (Lipinski definition) is 20. The lowest BCUT2D eigenvalue weighted by Gasteiger charge is -2.64. The zero-order valence-corrected chi connectivity index (χ0v) is 43.3. The molecule has 1 unspecified atom stereocenters. The standard InChI is InChI=1S/C51H82O20/c1-23(52)31-15-17-51(58)32-13-12-29-18-30(14-16-50(29,22-63-28(6)53)39(32)41(55)47(57)49(31,51)7)68-36-19-33(59-8)43(25(3)64-36)69-37-20-34(60-9)44(26(4)65-37)70-38-21-35(61-10)45(27(5)66-38)71-48-42(56)46(62-11)40(54)24(2)67-48/h12,24-27,30-48,54-58H,13-22H2,1-11H3/t24-,25-,26-,27-,30+,31-,32?,33+,34+,35-,36+,37+,38+,39-,40-,41+,42-,43-,44-,45-,46+,47-,48+,49+,50-,51+/m1/s1. The lowest BCUT2D eigenvalue weighted by molar-refractivity contribution is -0.355. The summed E-state index contributed by atoms with van der Waals surface area (Å²) >= 11 is 0. The number of aliphatic hydroxyl groups excluding tert-OH is 4. The van der Waals surface area contributed by atoms with Gasteiger partial charge in [-0.1, -0.05) is 18.6 Å². The van der Waals surface area contributed by atoms with E-state index in [0.717, 1.165) is 5.57 Å². The summed E-state index contributed by atoms with van der Waals surface area (Å²) in [5, 5.41) is 57.9. The van der Waals surface area contributed by atoms with E-state index in [9.17, 15) is 35.1 Å². The Labute approximate surface area is 417 Å². The van der Waals surface area contributed by atoms with Crippen molar-refractivity contribution in [1.82, 2.24) is 0 Å². The van der Waals surface area contributed by atoms with Crippen molar-refractivity contribution in [1.29, 1.82) is 0 Å². The van der Waals surface area contributed by atoms with E-state index < -0.39 is 157 Å². The van der Waals surface area contributed by atoms with Crippen LogP contribution in [-0.4, -0.2) is 201 Å². The Hall–Kier alpha value is -1.80. The fourth-order valence-electron chi connectivity index (χ4n) is 14.4. The van der Waals surface area contributed by atoms with Crippen molar-refractivity contribution in [2.24, 2.45) is 28.6 Å². The Morgan fingerprint density at radius 1 is 0.662 bits per heavy atom. The van der Waals surface area contributed by atoms with E-state index in [1.807, 2.05) is 20.8 Å². The number of allylic oxidation sites excluding steroid dienone is 1. The van der Waals surface area contributed by atoms with Crippen LogP contribution in [0.1, 0.15) is 106 Å². The minimum Gasteiger partial charge on any atom is -0.465 e. The van der Waals surface area contributed by atoms with E-state index in [-0.39, 0.29) is 18.5 Å². The minimum absolute atomic E-state index is 0.0147. The first-order chi connectivity index (χ1) is 33.6. The molecule has 0 aromatic rings. The predicted molar refractivity (Wildman–Crippen MR) is 247 cm³/mol. The normalized spacial score (nSPS) is 51.1. The largest absolute Gasteiger partial charge is 0.465 e. The lowest BCUT2D eigenvalue weighted by atomic mass is 9.43. The molecule has 20 nitrogen and oxygen atoms in total. The van der Waals surface area contributed by atoms with Crippen LogP contribution in [0.5, 0.6) is 0 Å². The summed E-state index contributed by atoms with van der Waals surface area (Å²) in [6.45, 7) is 11.9. The van der Waals surface area contributed by atoms with Gasteiger partial charge in [0.1, 0.15) is 49.0 Å². The first kappa shape index (κ1) is 55.4. The molecular weight excluding hydrogens is 933 g/mol. The molecule has 8 rings (SSSR count). The van der Waals surface area contributed by atoms with E-state index in [0.29, 0.717) is 57.8 Å². The SMILES string of the molecule is CO[C@@H]1[C@@H](O)[C@H](O[C@@H]2[C@@H](C)O[C@@H](O[C@H]3[C@@H](OC)C[C@H](O[C@H]4[C@@H](OC)C[C@H](O[C@H]5CC[C@@]6(COC(C)=O)C(=CCC7[C@@H]6[C@H](O)[C@@H](O)[C@]6(C)[C@@H](C(C)=O)CC[C@]76O)C5)O[C@@H]4C)O[C@@H]3C)C[C@H]2OC)O[C@H](C)[C@H]1O. The van der Waals surface area contributed by atoms with Gasteiger partial charge in [-0.05, 0) is 79.1 Å². The second kappa shape index (κ2) is 22.0. The quantitative estimate of drug-likeness (QED) is 0.116. The topological polar surface area (TPSA) is 255 Å². The highest BCUT2D eigenvalue weighted by molar-refractivity contribution is 5.80. The number of carbonyl (C=O) groups is 2. The predicted octanol–water partition coefficient (Wildman–Crippen LogP) is 2.23. The van der Waals surface area contributed by atoms with Crippen molar-refractivity contribution < 1.29 is 96.7 Å². The molecule has 4 aliphatic carbocycles. The Bertz CT molecular complexity index is 1870. The van der Waals surface area contributed by atoms with Crippen molar-refractivity contribution in [3.8, 4) is 0 Å². The van der Waals surface area contributed by atoms with Crippen LogP contribution in [0.3, 0.4) is 0 Å². The zero-order valence-electron chi connectivity index (χ0n) is 43.3. The highest BCUT2D eigenvalue weighted by Gasteiger charge is 2.74. The molecule has 26 atom stereocenters. The van der Waals surface area contributed by atoms with Crippen LogP contribution in [0.25, 0.3) is 0 Å². The van der Waals surface area contributed by atoms with E-state index in [2.05, 4.69) is 6.08 Å². The van der Waals surface area contributed by atoms with E-state index >= 15 is 0 Å². The minimum atomic E-state index is -1.41. The van der Waals surface area contributed by atoms with Crippen LogP contribution in [0.15, 0.2) is 11.6 Å². The summed E-state index contributed by atoms with van der Waals surface area (Å²) < 4.78 is 80.3. The molecule has 7 fully saturated rings. The molecule has 0 bridgehead atoms. The third kappa shape index (κ3) is 10.1. The first-order valence-electron chi connectivity index (χ1n) is 25.8. The van der Waals surface area contributed by atoms with Gasteiger partial charge in [0.15, 0.2) is 25.2 Å². The van der Waals surface area contributed by atoms with Gasteiger partial charge in [-0.25, -0.2) is 0 Å². The maximum Gasteiger partial charge on any atom is 0.302 e. The molecule has 3 saturated carbocycles. The summed E-state index contributed by atoms with van der Waals surface area (Å²) in [7, 11) is 6.22. The number of fused-ring (bicyclic) bond motifs is 5. The second-order valence-electron chi connectivity index (χ2n) is 21.9. The fourth-order valence-corrected chi connectivity index (χ4v) is 14.4. The number of hydrogen-bond donors (Lipinski definition) is 5. The third-order valence-corrected chi connectivity index (χ3v) is 18.2. The number of methoxy groups -OCH3 is 4. The summed E-state index contributed by atoms with van der Waals surface area (Å²) in [6.07, 6.45) is -8.70. The average molecular weight is 1020 g/mol. The molecule has 406 valence electrons. The van der Waals surface area contributed by atoms with Crippen LogP contribution in [0.2, 0.25) is 0 Å². The first-order valence-corrected chi connectivity index (χ1v) is 25.8. The average Bonchev–Trinajstić information content (AvgIpc) is 3.62.